The predicted octanol–water partition coefficient (Wildman–Crippen LogP) is 1.80. The number of para-hydroxylation sites is 1. The minimum Gasteiger partial charge on any atom is -0.356 e. The van der Waals surface area contributed by atoms with Gasteiger partial charge in [0.05, 0.1) is 5.69 Å². The average molecular weight is 309 g/mol. The first kappa shape index (κ1) is 14.1. The minimum atomic E-state index is -0.953. The molecule has 0 bridgehead atoms. The van der Waals surface area contributed by atoms with Crippen molar-refractivity contribution in [1.82, 2.24) is 14.8 Å². The van der Waals surface area contributed by atoms with E-state index >= 15 is 0 Å². The van der Waals surface area contributed by atoms with Gasteiger partial charge in [-0.1, -0.05) is 24.3 Å². The van der Waals surface area contributed by atoms with Crippen LogP contribution in [-0.2, 0) is 21.5 Å². The van der Waals surface area contributed by atoms with E-state index in [1.807, 2.05) is 25.1 Å². The highest BCUT2D eigenvalue weighted by Crippen LogP contribution is 2.41. The van der Waals surface area contributed by atoms with Crippen LogP contribution in [0.4, 0.5) is 0 Å². The van der Waals surface area contributed by atoms with E-state index in [2.05, 4.69) is 17.6 Å². The van der Waals surface area contributed by atoms with Crippen LogP contribution in [0.25, 0.3) is 10.9 Å². The van der Waals surface area contributed by atoms with Gasteiger partial charge in [0.2, 0.25) is 5.91 Å². The van der Waals surface area contributed by atoms with E-state index in [4.69, 9.17) is 0 Å². The molecule has 2 amide bonds. The number of carbonyl (C=O) groups excluding carboxylic acids is 2. The molecule has 0 aliphatic carbocycles. The summed E-state index contributed by atoms with van der Waals surface area (Å²) >= 11 is 0. The highest BCUT2D eigenvalue weighted by atomic mass is 16.2. The number of fused-ring (bicyclic) bond motifs is 5. The summed E-state index contributed by atoms with van der Waals surface area (Å²) < 4.78 is 0. The van der Waals surface area contributed by atoms with Gasteiger partial charge in [-0.15, -0.1) is 6.58 Å². The van der Waals surface area contributed by atoms with E-state index in [1.165, 1.54) is 0 Å². The summed E-state index contributed by atoms with van der Waals surface area (Å²) in [6.07, 6.45) is 2.44. The summed E-state index contributed by atoms with van der Waals surface area (Å²) in [5, 5.41) is 1.14. The number of hydrogen-bond donors (Lipinski definition) is 1. The van der Waals surface area contributed by atoms with Crippen LogP contribution in [0.15, 0.2) is 36.9 Å². The third-order valence-corrected chi connectivity index (χ3v) is 5.11. The van der Waals surface area contributed by atoms with Gasteiger partial charge < -0.3 is 14.8 Å². The first-order valence-corrected chi connectivity index (χ1v) is 7.88. The summed E-state index contributed by atoms with van der Waals surface area (Å²) in [5.74, 6) is -0.0391. The second kappa shape index (κ2) is 4.72. The third-order valence-electron chi connectivity index (χ3n) is 5.11. The fourth-order valence-corrected chi connectivity index (χ4v) is 3.99. The Bertz CT molecular complexity index is 838. The van der Waals surface area contributed by atoms with Gasteiger partial charge in [-0.2, -0.15) is 0 Å². The Hall–Kier alpha value is -2.56. The van der Waals surface area contributed by atoms with E-state index in [9.17, 15) is 9.59 Å². The summed E-state index contributed by atoms with van der Waals surface area (Å²) in [6, 6.07) is 8.06. The Kier molecular flexibility index (Phi) is 2.88. The maximum absolute atomic E-state index is 13.1. The lowest BCUT2D eigenvalue weighted by atomic mass is 9.83. The Balaban J connectivity index is 1.93. The Morgan fingerprint density at radius 2 is 2.13 bits per heavy atom. The van der Waals surface area contributed by atoms with Crippen LogP contribution in [0, 0.1) is 0 Å². The van der Waals surface area contributed by atoms with Crippen molar-refractivity contribution < 1.29 is 9.59 Å². The third kappa shape index (κ3) is 1.73. The number of hydrogen-bond acceptors (Lipinski definition) is 2. The van der Waals surface area contributed by atoms with Crippen molar-refractivity contribution >= 4 is 22.7 Å². The molecule has 5 nitrogen and oxygen atoms in total. The zero-order valence-electron chi connectivity index (χ0n) is 13.1. The second-order valence-corrected chi connectivity index (χ2v) is 6.37. The molecule has 23 heavy (non-hydrogen) atoms. The fourth-order valence-electron chi connectivity index (χ4n) is 3.99. The molecule has 0 radical (unpaired) electrons. The smallest absolute Gasteiger partial charge is 0.255 e. The normalized spacial score (nSPS) is 23.9. The highest BCUT2D eigenvalue weighted by Gasteiger charge is 2.53. The molecule has 0 unspecified atom stereocenters. The topological polar surface area (TPSA) is 56.4 Å². The molecule has 1 N–H and O–H groups in total. The molecule has 0 saturated carbocycles. The number of benzene rings is 1. The molecule has 2 aromatic rings. The minimum absolute atomic E-state index is 0.00161. The van der Waals surface area contributed by atoms with Gasteiger partial charge in [-0.05, 0) is 25.0 Å². The number of aromatic nitrogens is 1. The first-order chi connectivity index (χ1) is 11.1. The summed E-state index contributed by atoms with van der Waals surface area (Å²) in [7, 11) is 0. The van der Waals surface area contributed by atoms with Crippen LogP contribution in [0.1, 0.15) is 18.2 Å². The SMILES string of the molecule is C=CCN1CC(=O)N2CCc3c([nH]c4ccccc34)[C@]2(C)C1=O. The molecular formula is C18H19N3O2. The molecule has 0 spiro atoms. The average Bonchev–Trinajstić information content (AvgIpc) is 2.93. The molecule has 2 aliphatic rings. The summed E-state index contributed by atoms with van der Waals surface area (Å²) in [4.78, 5) is 32.4. The van der Waals surface area contributed by atoms with Crippen molar-refractivity contribution in [2.24, 2.45) is 0 Å². The van der Waals surface area contributed by atoms with Gasteiger partial charge in [-0.25, -0.2) is 0 Å². The number of rotatable bonds is 2. The maximum atomic E-state index is 13.1. The Morgan fingerprint density at radius 1 is 1.35 bits per heavy atom. The monoisotopic (exact) mass is 309 g/mol. The lowest BCUT2D eigenvalue weighted by molar-refractivity contribution is -0.165. The zero-order chi connectivity index (χ0) is 16.2. The standard InChI is InChI=1S/C18H19N3O2/c1-3-9-20-11-15(22)21-10-8-13-12-6-4-5-7-14(12)19-16(13)18(21,2)17(20)23/h3-7,19H,1,8-11H2,2H3/t18-/m1/s1. The van der Waals surface area contributed by atoms with Crippen molar-refractivity contribution in [3.8, 4) is 0 Å². The second-order valence-electron chi connectivity index (χ2n) is 6.37. The molecule has 1 fully saturated rings. The maximum Gasteiger partial charge on any atom is 0.255 e. The number of carbonyl (C=O) groups is 2. The molecule has 1 atom stereocenters. The van der Waals surface area contributed by atoms with Crippen molar-refractivity contribution in [2.45, 2.75) is 18.9 Å². The van der Waals surface area contributed by atoms with Crippen molar-refractivity contribution in [3.63, 3.8) is 0 Å². The van der Waals surface area contributed by atoms with Crippen molar-refractivity contribution in [2.75, 3.05) is 19.6 Å². The van der Waals surface area contributed by atoms with Gasteiger partial charge >= 0.3 is 0 Å². The largest absolute Gasteiger partial charge is 0.356 e. The van der Waals surface area contributed by atoms with Crippen LogP contribution in [0.2, 0.25) is 0 Å². The molecule has 2 aliphatic heterocycles. The fraction of sp³-hybridized carbons (Fsp3) is 0.333. The van der Waals surface area contributed by atoms with Crippen LogP contribution < -0.4 is 0 Å². The lowest BCUT2D eigenvalue weighted by Gasteiger charge is -2.49. The first-order valence-electron chi connectivity index (χ1n) is 7.88. The molecule has 3 heterocycles. The zero-order valence-corrected chi connectivity index (χ0v) is 13.1. The summed E-state index contributed by atoms with van der Waals surface area (Å²) in [6.45, 7) is 6.66. The van der Waals surface area contributed by atoms with E-state index in [-0.39, 0.29) is 18.4 Å². The number of piperazine rings is 1. The molecule has 1 aromatic carbocycles. The van der Waals surface area contributed by atoms with E-state index in [0.717, 1.165) is 28.6 Å². The van der Waals surface area contributed by atoms with Crippen LogP contribution in [0.5, 0.6) is 0 Å². The number of amides is 2. The van der Waals surface area contributed by atoms with Gasteiger partial charge in [0.15, 0.2) is 5.54 Å². The van der Waals surface area contributed by atoms with E-state index < -0.39 is 5.54 Å². The number of nitrogens with one attached hydrogen (secondary N) is 1. The highest BCUT2D eigenvalue weighted by molar-refractivity contribution is 6.00. The molecule has 1 aromatic heterocycles. The van der Waals surface area contributed by atoms with Gasteiger partial charge in [0.25, 0.3) is 5.91 Å². The molecule has 4 rings (SSSR count). The molecule has 5 heteroatoms. The number of aromatic amines is 1. The van der Waals surface area contributed by atoms with Crippen molar-refractivity contribution in [3.05, 3.63) is 48.2 Å². The van der Waals surface area contributed by atoms with Crippen molar-refractivity contribution in [1.29, 1.82) is 0 Å². The predicted molar refractivity (Wildman–Crippen MR) is 87.8 cm³/mol. The van der Waals surface area contributed by atoms with Crippen LogP contribution in [-0.4, -0.2) is 46.2 Å². The van der Waals surface area contributed by atoms with Gasteiger partial charge in [-0.3, -0.25) is 9.59 Å². The molecule has 1 saturated heterocycles. The Morgan fingerprint density at radius 3 is 2.91 bits per heavy atom. The number of nitrogens with zero attached hydrogens (tertiary/aromatic N) is 2. The molecule has 118 valence electrons. The molecular weight excluding hydrogens is 290 g/mol. The lowest BCUT2D eigenvalue weighted by Crippen LogP contribution is -2.66. The van der Waals surface area contributed by atoms with Gasteiger partial charge in [0, 0.05) is 24.0 Å². The Labute approximate surface area is 134 Å². The van der Waals surface area contributed by atoms with Crippen LogP contribution >= 0.6 is 0 Å². The summed E-state index contributed by atoms with van der Waals surface area (Å²) in [5.41, 5.74) is 2.07. The number of H-pyrrole nitrogens is 1. The van der Waals surface area contributed by atoms with E-state index in [1.54, 1.807) is 15.9 Å². The van der Waals surface area contributed by atoms with Gasteiger partial charge in [0.1, 0.15) is 6.54 Å². The van der Waals surface area contributed by atoms with Crippen LogP contribution in [0.3, 0.4) is 0 Å². The van der Waals surface area contributed by atoms with E-state index in [0.29, 0.717) is 13.1 Å². The quantitative estimate of drug-likeness (QED) is 0.860.